The van der Waals surface area contributed by atoms with Crippen molar-refractivity contribution in [1.29, 1.82) is 0 Å². The summed E-state index contributed by atoms with van der Waals surface area (Å²) in [5, 5.41) is 5.54. The van der Waals surface area contributed by atoms with Crippen LogP contribution in [0.5, 0.6) is 0 Å². The molecular weight excluding hydrogens is 500 g/mol. The molecule has 0 aromatic carbocycles. The van der Waals surface area contributed by atoms with Crippen molar-refractivity contribution in [3.8, 4) is 11.3 Å². The first-order valence-electron chi connectivity index (χ1n) is 12.6. The van der Waals surface area contributed by atoms with Crippen LogP contribution in [0.2, 0.25) is 0 Å². The summed E-state index contributed by atoms with van der Waals surface area (Å²) in [5.74, 6) is 1.78. The SMILES string of the molecule is CN(C)c1nc(-c2cccnc2)ccc1CNCC1CCN(c2nccc(/C=C3\SC(=O)NC3=O)n2)CC1. The standard InChI is InChI=1S/C27H30N8O2S/c1-34(2)24-20(5-6-22(32-24)19-4-3-10-28-16-19)17-29-15-18-8-12-35(13-9-18)26-30-11-7-21(31-26)14-23-25(36)33-27(37)38-23/h3-7,10-11,14,16,18,29H,8-9,12-13,15,17H2,1-2H3,(H,33,36,37)/b23-14-. The zero-order valence-electron chi connectivity index (χ0n) is 21.4. The Morgan fingerprint density at radius 3 is 2.68 bits per heavy atom. The maximum Gasteiger partial charge on any atom is 0.290 e. The summed E-state index contributed by atoms with van der Waals surface area (Å²) in [6, 6.07) is 9.88. The molecule has 2 aliphatic heterocycles. The van der Waals surface area contributed by atoms with Crippen molar-refractivity contribution in [1.82, 2.24) is 30.6 Å². The molecule has 0 atom stereocenters. The fraction of sp³-hybridized carbons (Fsp3) is 0.333. The van der Waals surface area contributed by atoms with Crippen molar-refractivity contribution >= 4 is 40.8 Å². The number of hydrogen-bond acceptors (Lipinski definition) is 10. The van der Waals surface area contributed by atoms with Gasteiger partial charge in [-0.15, -0.1) is 0 Å². The third-order valence-electron chi connectivity index (χ3n) is 6.57. The van der Waals surface area contributed by atoms with E-state index in [1.54, 1.807) is 24.5 Å². The number of carbonyl (C=O) groups is 2. The molecule has 10 nitrogen and oxygen atoms in total. The van der Waals surface area contributed by atoms with E-state index in [9.17, 15) is 9.59 Å². The van der Waals surface area contributed by atoms with E-state index in [0.29, 0.717) is 22.5 Å². The average Bonchev–Trinajstić information content (AvgIpc) is 3.25. The van der Waals surface area contributed by atoms with E-state index in [0.717, 1.165) is 73.4 Å². The molecule has 0 saturated carbocycles. The van der Waals surface area contributed by atoms with Gasteiger partial charge in [0.25, 0.3) is 11.1 Å². The van der Waals surface area contributed by atoms with Gasteiger partial charge in [-0.3, -0.25) is 19.9 Å². The molecule has 11 heteroatoms. The molecule has 2 aliphatic rings. The number of pyridine rings is 2. The van der Waals surface area contributed by atoms with Gasteiger partial charge in [-0.2, -0.15) is 0 Å². The number of nitrogens with zero attached hydrogens (tertiary/aromatic N) is 6. The van der Waals surface area contributed by atoms with Gasteiger partial charge >= 0.3 is 0 Å². The predicted molar refractivity (Wildman–Crippen MR) is 150 cm³/mol. The molecule has 2 amide bonds. The summed E-state index contributed by atoms with van der Waals surface area (Å²) < 4.78 is 0. The van der Waals surface area contributed by atoms with E-state index in [2.05, 4.69) is 47.5 Å². The third-order valence-corrected chi connectivity index (χ3v) is 7.38. The van der Waals surface area contributed by atoms with E-state index < -0.39 is 0 Å². The van der Waals surface area contributed by atoms with Crippen molar-refractivity contribution in [3.05, 3.63) is 65.1 Å². The van der Waals surface area contributed by atoms with Gasteiger partial charge in [-0.05, 0) is 67.4 Å². The molecule has 2 fully saturated rings. The topological polar surface area (TPSA) is 116 Å². The maximum absolute atomic E-state index is 11.8. The average molecular weight is 531 g/mol. The van der Waals surface area contributed by atoms with E-state index in [1.807, 2.05) is 32.4 Å². The number of hydrogen-bond donors (Lipinski definition) is 2. The lowest BCUT2D eigenvalue weighted by Crippen LogP contribution is -2.38. The molecule has 0 bridgehead atoms. The van der Waals surface area contributed by atoms with Crippen LogP contribution in [0.15, 0.2) is 53.8 Å². The van der Waals surface area contributed by atoms with Crippen LogP contribution in [0.4, 0.5) is 16.6 Å². The van der Waals surface area contributed by atoms with Crippen molar-refractivity contribution in [2.75, 3.05) is 43.5 Å². The maximum atomic E-state index is 11.8. The van der Waals surface area contributed by atoms with Crippen molar-refractivity contribution in [3.63, 3.8) is 0 Å². The summed E-state index contributed by atoms with van der Waals surface area (Å²) in [6.45, 7) is 3.41. The summed E-state index contributed by atoms with van der Waals surface area (Å²) in [6.07, 6.45) is 8.99. The van der Waals surface area contributed by atoms with Crippen molar-refractivity contribution < 1.29 is 9.59 Å². The highest BCUT2D eigenvalue weighted by atomic mass is 32.2. The molecule has 3 aromatic heterocycles. The van der Waals surface area contributed by atoms with Gasteiger partial charge in [0, 0.05) is 63.4 Å². The molecule has 2 saturated heterocycles. The summed E-state index contributed by atoms with van der Waals surface area (Å²) in [4.78, 5) is 45.9. The Hall–Kier alpha value is -3.83. The van der Waals surface area contributed by atoms with Gasteiger partial charge in [0.1, 0.15) is 5.82 Å². The van der Waals surface area contributed by atoms with Crippen LogP contribution >= 0.6 is 11.8 Å². The molecule has 196 valence electrons. The first-order valence-corrected chi connectivity index (χ1v) is 13.4. The van der Waals surface area contributed by atoms with Gasteiger partial charge in [-0.25, -0.2) is 15.0 Å². The second-order valence-corrected chi connectivity index (χ2v) is 10.5. The van der Waals surface area contributed by atoms with Crippen LogP contribution in [0, 0.1) is 5.92 Å². The molecule has 0 unspecified atom stereocenters. The lowest BCUT2D eigenvalue weighted by atomic mass is 9.97. The summed E-state index contributed by atoms with van der Waals surface area (Å²) >= 11 is 0.890. The molecule has 3 aromatic rings. The molecule has 5 heterocycles. The van der Waals surface area contributed by atoms with E-state index >= 15 is 0 Å². The highest BCUT2D eigenvalue weighted by molar-refractivity contribution is 8.18. The third kappa shape index (κ3) is 6.17. The zero-order valence-corrected chi connectivity index (χ0v) is 22.2. The van der Waals surface area contributed by atoms with Gasteiger partial charge in [0.05, 0.1) is 16.3 Å². The van der Waals surface area contributed by atoms with Gasteiger partial charge < -0.3 is 15.1 Å². The summed E-state index contributed by atoms with van der Waals surface area (Å²) in [5.41, 5.74) is 3.70. The minimum Gasteiger partial charge on any atom is -0.362 e. The van der Waals surface area contributed by atoms with E-state index in [-0.39, 0.29) is 11.1 Å². The highest BCUT2D eigenvalue weighted by Gasteiger charge is 2.26. The number of amides is 2. The largest absolute Gasteiger partial charge is 0.362 e. The number of piperidine rings is 1. The second-order valence-electron chi connectivity index (χ2n) is 9.51. The van der Waals surface area contributed by atoms with Crippen molar-refractivity contribution in [2.24, 2.45) is 5.92 Å². The van der Waals surface area contributed by atoms with Crippen LogP contribution in [0.1, 0.15) is 24.1 Å². The van der Waals surface area contributed by atoms with Gasteiger partial charge in [0.15, 0.2) is 0 Å². The predicted octanol–water partition coefficient (Wildman–Crippen LogP) is 3.33. The molecule has 2 N–H and O–H groups in total. The van der Waals surface area contributed by atoms with Crippen LogP contribution in [0.25, 0.3) is 17.3 Å². The zero-order chi connectivity index (χ0) is 26.5. The van der Waals surface area contributed by atoms with E-state index in [1.165, 1.54) is 0 Å². The Bertz CT molecular complexity index is 1340. The smallest absolute Gasteiger partial charge is 0.290 e. The Labute approximate surface area is 226 Å². The first kappa shape index (κ1) is 25.8. The summed E-state index contributed by atoms with van der Waals surface area (Å²) in [7, 11) is 4.03. The van der Waals surface area contributed by atoms with Crippen LogP contribution in [-0.4, -0.2) is 64.8 Å². The van der Waals surface area contributed by atoms with Crippen LogP contribution < -0.4 is 20.4 Å². The molecule has 38 heavy (non-hydrogen) atoms. The normalized spacial score (nSPS) is 17.2. The number of aromatic nitrogens is 4. The van der Waals surface area contributed by atoms with Gasteiger partial charge in [0.2, 0.25) is 5.95 Å². The minimum absolute atomic E-state index is 0.351. The highest BCUT2D eigenvalue weighted by Crippen LogP contribution is 2.26. The Balaban J connectivity index is 1.14. The monoisotopic (exact) mass is 530 g/mol. The number of thioether (sulfide) groups is 1. The Morgan fingerprint density at radius 2 is 1.97 bits per heavy atom. The number of anilines is 2. The molecule has 5 rings (SSSR count). The molecular formula is C27H30N8O2S. The fourth-order valence-electron chi connectivity index (χ4n) is 4.58. The first-order chi connectivity index (χ1) is 18.5. The quantitative estimate of drug-likeness (QED) is 0.420. The number of rotatable bonds is 8. The van der Waals surface area contributed by atoms with Crippen LogP contribution in [-0.2, 0) is 11.3 Å². The fourth-order valence-corrected chi connectivity index (χ4v) is 5.24. The lowest BCUT2D eigenvalue weighted by Gasteiger charge is -2.32. The van der Waals surface area contributed by atoms with Crippen LogP contribution in [0.3, 0.4) is 0 Å². The van der Waals surface area contributed by atoms with Crippen molar-refractivity contribution in [2.45, 2.75) is 19.4 Å². The molecule has 0 spiro atoms. The lowest BCUT2D eigenvalue weighted by molar-refractivity contribution is -0.115. The molecule has 0 radical (unpaired) electrons. The Kier molecular flexibility index (Phi) is 7.94. The molecule has 0 aliphatic carbocycles. The number of carbonyl (C=O) groups excluding carboxylic acids is 2. The Morgan fingerprint density at radius 1 is 1.13 bits per heavy atom. The van der Waals surface area contributed by atoms with E-state index in [4.69, 9.17) is 4.98 Å². The minimum atomic E-state index is -0.383. The van der Waals surface area contributed by atoms with Gasteiger partial charge in [-0.1, -0.05) is 6.07 Å². The number of imide groups is 1. The second kappa shape index (κ2) is 11.7. The number of nitrogens with one attached hydrogen (secondary N) is 2.